The maximum absolute atomic E-state index is 12.7. The Kier molecular flexibility index (Phi) is 6.20. The summed E-state index contributed by atoms with van der Waals surface area (Å²) in [6, 6.07) is 15.4. The van der Waals surface area contributed by atoms with Crippen LogP contribution < -0.4 is 4.90 Å². The fourth-order valence-corrected chi connectivity index (χ4v) is 4.20. The number of benzene rings is 1. The Morgan fingerprint density at radius 1 is 0.862 bits per heavy atom. The van der Waals surface area contributed by atoms with Gasteiger partial charge in [0.2, 0.25) is 5.91 Å². The van der Waals surface area contributed by atoms with Gasteiger partial charge >= 0.3 is 0 Å². The second-order valence-corrected chi connectivity index (χ2v) is 7.84. The summed E-state index contributed by atoms with van der Waals surface area (Å²) in [5.41, 5.74) is 0.781. The van der Waals surface area contributed by atoms with Crippen molar-refractivity contribution in [2.75, 3.05) is 50.7 Å². The largest absolute Gasteiger partial charge is 0.354 e. The normalized spacial score (nSPS) is 18.6. The predicted molar refractivity (Wildman–Crippen MR) is 113 cm³/mol. The van der Waals surface area contributed by atoms with Crippen LogP contribution in [-0.4, -0.2) is 72.3 Å². The molecular weight excluding hydrogens is 364 g/mol. The van der Waals surface area contributed by atoms with E-state index in [2.05, 4.69) is 14.8 Å². The molecule has 1 amide bonds. The average molecular weight is 393 g/mol. The Bertz CT molecular complexity index is 811. The Morgan fingerprint density at radius 3 is 2.21 bits per heavy atom. The van der Waals surface area contributed by atoms with Gasteiger partial charge in [0.05, 0.1) is 6.54 Å². The van der Waals surface area contributed by atoms with Crippen LogP contribution in [0.2, 0.25) is 0 Å². The summed E-state index contributed by atoms with van der Waals surface area (Å²) in [6.45, 7) is 5.33. The molecule has 0 N–H and O–H groups in total. The summed E-state index contributed by atoms with van der Waals surface area (Å²) < 4.78 is 0. The van der Waals surface area contributed by atoms with E-state index < -0.39 is 0 Å². The van der Waals surface area contributed by atoms with Gasteiger partial charge in [-0.25, -0.2) is 4.98 Å². The molecule has 2 aromatic rings. The second-order valence-electron chi connectivity index (χ2n) is 7.84. The number of ketones is 1. The third-order valence-corrected chi connectivity index (χ3v) is 5.98. The minimum Gasteiger partial charge on any atom is -0.354 e. The highest BCUT2D eigenvalue weighted by atomic mass is 16.2. The number of hydrogen-bond acceptors (Lipinski definition) is 5. The molecule has 0 bridgehead atoms. The summed E-state index contributed by atoms with van der Waals surface area (Å²) in [5, 5.41) is 0. The second kappa shape index (κ2) is 9.18. The van der Waals surface area contributed by atoms with E-state index in [0.29, 0.717) is 19.6 Å². The summed E-state index contributed by atoms with van der Waals surface area (Å²) in [6.07, 6.45) is 3.33. The van der Waals surface area contributed by atoms with E-state index >= 15 is 0 Å². The molecule has 4 rings (SSSR count). The van der Waals surface area contributed by atoms with Gasteiger partial charge in [-0.3, -0.25) is 14.5 Å². The Morgan fingerprint density at radius 2 is 1.55 bits per heavy atom. The van der Waals surface area contributed by atoms with Crippen LogP contribution in [0.25, 0.3) is 0 Å². The van der Waals surface area contributed by atoms with Crippen LogP contribution >= 0.6 is 0 Å². The van der Waals surface area contributed by atoms with Gasteiger partial charge in [-0.2, -0.15) is 0 Å². The summed E-state index contributed by atoms with van der Waals surface area (Å²) >= 11 is 0. The first kappa shape index (κ1) is 19.6. The van der Waals surface area contributed by atoms with Gasteiger partial charge in [-0.1, -0.05) is 36.4 Å². The van der Waals surface area contributed by atoms with Gasteiger partial charge in [0, 0.05) is 56.9 Å². The Hall–Kier alpha value is -2.73. The van der Waals surface area contributed by atoms with E-state index in [1.165, 1.54) is 0 Å². The highest BCUT2D eigenvalue weighted by molar-refractivity contribution is 5.98. The molecular formula is C23H28N4O2. The minimum atomic E-state index is 0.0309. The molecule has 0 spiro atoms. The first-order valence-electron chi connectivity index (χ1n) is 10.5. The van der Waals surface area contributed by atoms with Gasteiger partial charge in [0.1, 0.15) is 5.82 Å². The molecule has 29 heavy (non-hydrogen) atoms. The molecule has 6 nitrogen and oxygen atoms in total. The van der Waals surface area contributed by atoms with Gasteiger partial charge in [-0.15, -0.1) is 0 Å². The molecule has 2 fully saturated rings. The zero-order valence-electron chi connectivity index (χ0n) is 16.7. The lowest BCUT2D eigenvalue weighted by molar-refractivity contribution is -0.133. The fourth-order valence-electron chi connectivity index (χ4n) is 4.20. The lowest BCUT2D eigenvalue weighted by Crippen LogP contribution is -2.51. The number of rotatable bonds is 5. The Labute approximate surface area is 172 Å². The minimum absolute atomic E-state index is 0.0309. The van der Waals surface area contributed by atoms with Crippen molar-refractivity contribution in [2.24, 2.45) is 5.92 Å². The standard InChI is InChI=1S/C23H28N4O2/c28-22(18-25-14-16-26(17-15-25)21-8-4-5-11-24-21)27-12-9-20(10-13-27)23(29)19-6-2-1-3-7-19/h1-8,11,20H,9-10,12-18H2. The topological polar surface area (TPSA) is 56.8 Å². The van der Waals surface area contributed by atoms with Crippen LogP contribution in [0, 0.1) is 5.92 Å². The van der Waals surface area contributed by atoms with Crippen LogP contribution in [0.5, 0.6) is 0 Å². The van der Waals surface area contributed by atoms with Crippen LogP contribution in [0.15, 0.2) is 54.7 Å². The molecule has 2 aliphatic rings. The zero-order valence-corrected chi connectivity index (χ0v) is 16.7. The van der Waals surface area contributed by atoms with Gasteiger partial charge in [0.25, 0.3) is 0 Å². The number of carbonyl (C=O) groups is 2. The molecule has 6 heteroatoms. The van der Waals surface area contributed by atoms with Crippen LogP contribution in [0.1, 0.15) is 23.2 Å². The molecule has 2 saturated heterocycles. The van der Waals surface area contributed by atoms with Crippen molar-refractivity contribution in [3.05, 3.63) is 60.3 Å². The summed E-state index contributed by atoms with van der Waals surface area (Å²) in [7, 11) is 0. The first-order valence-corrected chi connectivity index (χ1v) is 10.5. The number of piperazine rings is 1. The number of amides is 1. The van der Waals surface area contributed by atoms with E-state index in [9.17, 15) is 9.59 Å². The monoisotopic (exact) mass is 392 g/mol. The fraction of sp³-hybridized carbons (Fsp3) is 0.435. The smallest absolute Gasteiger partial charge is 0.236 e. The molecule has 0 unspecified atom stereocenters. The van der Waals surface area contributed by atoms with Crippen LogP contribution in [0.3, 0.4) is 0 Å². The van der Waals surface area contributed by atoms with E-state index in [1.807, 2.05) is 59.6 Å². The molecule has 0 atom stereocenters. The van der Waals surface area contributed by atoms with Crippen molar-refractivity contribution < 1.29 is 9.59 Å². The maximum atomic E-state index is 12.7. The number of hydrogen-bond donors (Lipinski definition) is 0. The van der Waals surface area contributed by atoms with Crippen LogP contribution in [0.4, 0.5) is 5.82 Å². The van der Waals surface area contributed by atoms with Crippen molar-refractivity contribution in [1.82, 2.24) is 14.8 Å². The van der Waals surface area contributed by atoms with E-state index in [4.69, 9.17) is 0 Å². The summed E-state index contributed by atoms with van der Waals surface area (Å²) in [5.74, 6) is 1.43. The number of anilines is 1. The number of aromatic nitrogens is 1. The van der Waals surface area contributed by atoms with Crippen molar-refractivity contribution in [1.29, 1.82) is 0 Å². The lowest BCUT2D eigenvalue weighted by Gasteiger charge is -2.37. The van der Waals surface area contributed by atoms with Crippen LogP contribution in [-0.2, 0) is 4.79 Å². The number of Topliss-reactive ketones (excluding diaryl/α,β-unsaturated/α-hetero) is 1. The van der Waals surface area contributed by atoms with Gasteiger partial charge in [-0.05, 0) is 25.0 Å². The molecule has 2 aliphatic heterocycles. The van der Waals surface area contributed by atoms with E-state index in [1.54, 1.807) is 0 Å². The third kappa shape index (κ3) is 4.82. The van der Waals surface area contributed by atoms with Gasteiger partial charge < -0.3 is 9.80 Å². The highest BCUT2D eigenvalue weighted by Gasteiger charge is 2.29. The Balaban J connectivity index is 1.22. The quantitative estimate of drug-likeness (QED) is 0.731. The zero-order chi connectivity index (χ0) is 20.1. The van der Waals surface area contributed by atoms with E-state index in [0.717, 1.165) is 50.4 Å². The molecule has 1 aromatic heterocycles. The van der Waals surface area contributed by atoms with Crippen molar-refractivity contribution in [3.8, 4) is 0 Å². The maximum Gasteiger partial charge on any atom is 0.236 e. The number of piperidine rings is 1. The van der Waals surface area contributed by atoms with Crippen molar-refractivity contribution >= 4 is 17.5 Å². The van der Waals surface area contributed by atoms with Crippen molar-refractivity contribution in [3.63, 3.8) is 0 Å². The highest BCUT2D eigenvalue weighted by Crippen LogP contribution is 2.22. The average Bonchev–Trinajstić information content (AvgIpc) is 2.80. The molecule has 1 aromatic carbocycles. The molecule has 0 radical (unpaired) electrons. The van der Waals surface area contributed by atoms with Gasteiger partial charge in [0.15, 0.2) is 5.78 Å². The third-order valence-electron chi connectivity index (χ3n) is 5.98. The van der Waals surface area contributed by atoms with E-state index in [-0.39, 0.29) is 17.6 Å². The molecule has 152 valence electrons. The number of likely N-dealkylation sites (tertiary alicyclic amines) is 1. The number of pyridine rings is 1. The molecule has 0 aliphatic carbocycles. The van der Waals surface area contributed by atoms with Crippen molar-refractivity contribution in [2.45, 2.75) is 12.8 Å². The summed E-state index contributed by atoms with van der Waals surface area (Å²) in [4.78, 5) is 36.2. The number of carbonyl (C=O) groups excluding carboxylic acids is 2. The molecule has 0 saturated carbocycles. The predicted octanol–water partition coefficient (Wildman–Crippen LogP) is 2.33. The first-order chi connectivity index (χ1) is 14.2. The molecule has 3 heterocycles. The lowest BCUT2D eigenvalue weighted by atomic mass is 9.89. The number of nitrogens with zero attached hydrogens (tertiary/aromatic N) is 4. The SMILES string of the molecule is O=C(c1ccccc1)C1CCN(C(=O)CN2CCN(c3ccccn3)CC2)CC1.